The second kappa shape index (κ2) is 6.35. The molecule has 2 amide bonds. The fraction of sp³-hybridized carbons (Fsp3) is 0.818. The van der Waals surface area contributed by atoms with Gasteiger partial charge in [-0.25, -0.2) is 4.79 Å². The van der Waals surface area contributed by atoms with E-state index in [1.165, 1.54) is 0 Å². The molecule has 0 saturated carbocycles. The maximum Gasteiger partial charge on any atom is 0.317 e. The van der Waals surface area contributed by atoms with Crippen LogP contribution in [0, 0.1) is 5.41 Å². The maximum absolute atomic E-state index is 11.5. The van der Waals surface area contributed by atoms with Crippen LogP contribution >= 0.6 is 0 Å². The number of carboxylic acids is 1. The summed E-state index contributed by atoms with van der Waals surface area (Å²) in [4.78, 5) is 23.4. The molecule has 0 aromatic rings. The lowest BCUT2D eigenvalue weighted by Gasteiger charge is -2.26. The third-order valence-electron chi connectivity index (χ3n) is 1.90. The van der Waals surface area contributed by atoms with Crippen molar-refractivity contribution in [2.45, 2.75) is 33.6 Å². The molecule has 0 spiro atoms. The Balaban J connectivity index is 3.76. The van der Waals surface area contributed by atoms with Crippen LogP contribution in [0.2, 0.25) is 0 Å². The van der Waals surface area contributed by atoms with Crippen LogP contribution in [0.15, 0.2) is 0 Å². The van der Waals surface area contributed by atoms with E-state index in [1.54, 1.807) is 11.9 Å². The fourth-order valence-corrected chi connectivity index (χ4v) is 1.35. The van der Waals surface area contributed by atoms with Crippen molar-refractivity contribution in [1.82, 2.24) is 10.2 Å². The number of nitrogens with zero attached hydrogens (tertiary/aromatic N) is 1. The molecule has 0 radical (unpaired) electrons. The van der Waals surface area contributed by atoms with Crippen molar-refractivity contribution in [3.63, 3.8) is 0 Å². The first-order valence-corrected chi connectivity index (χ1v) is 5.43. The van der Waals surface area contributed by atoms with Gasteiger partial charge in [-0.15, -0.1) is 0 Å². The number of urea groups is 1. The van der Waals surface area contributed by atoms with Gasteiger partial charge in [0.2, 0.25) is 0 Å². The molecule has 0 atom stereocenters. The Labute approximate surface area is 96.8 Å². The number of hydrogen-bond donors (Lipinski definition) is 2. The van der Waals surface area contributed by atoms with Crippen LogP contribution in [0.4, 0.5) is 4.79 Å². The second-order valence-corrected chi connectivity index (χ2v) is 5.15. The summed E-state index contributed by atoms with van der Waals surface area (Å²) in [6.07, 6.45) is 0.549. The van der Waals surface area contributed by atoms with Gasteiger partial charge in [-0.2, -0.15) is 0 Å². The molecular weight excluding hydrogens is 208 g/mol. The second-order valence-electron chi connectivity index (χ2n) is 5.15. The van der Waals surface area contributed by atoms with E-state index in [0.29, 0.717) is 19.5 Å². The van der Waals surface area contributed by atoms with Gasteiger partial charge in [-0.05, 0) is 11.8 Å². The monoisotopic (exact) mass is 230 g/mol. The Bertz CT molecular complexity index is 246. The minimum atomic E-state index is -0.836. The molecule has 0 aliphatic heterocycles. The number of carbonyl (C=O) groups is 2. The van der Waals surface area contributed by atoms with E-state index in [1.807, 2.05) is 0 Å². The normalized spacial score (nSPS) is 11.0. The quantitative estimate of drug-likeness (QED) is 0.704. The third kappa shape index (κ3) is 8.08. The standard InChI is InChI=1S/C11H22N2O3/c1-11(2,3)8-13(4)10(16)12-7-5-6-9(14)15/h5-8H2,1-4H3,(H,12,16)(H,14,15). The Morgan fingerprint density at radius 3 is 2.31 bits per heavy atom. The summed E-state index contributed by atoms with van der Waals surface area (Å²) >= 11 is 0. The molecule has 0 fully saturated rings. The summed E-state index contributed by atoms with van der Waals surface area (Å²) in [5, 5.41) is 11.1. The molecule has 0 aromatic carbocycles. The third-order valence-corrected chi connectivity index (χ3v) is 1.90. The number of aliphatic carboxylic acids is 1. The lowest BCUT2D eigenvalue weighted by molar-refractivity contribution is -0.137. The fourth-order valence-electron chi connectivity index (χ4n) is 1.35. The topological polar surface area (TPSA) is 69.6 Å². The minimum Gasteiger partial charge on any atom is -0.481 e. The van der Waals surface area contributed by atoms with Crippen LogP contribution in [0.5, 0.6) is 0 Å². The van der Waals surface area contributed by atoms with Gasteiger partial charge in [0, 0.05) is 26.6 Å². The number of carboxylic acid groups (broad SMARTS) is 1. The van der Waals surface area contributed by atoms with Gasteiger partial charge in [0.25, 0.3) is 0 Å². The van der Waals surface area contributed by atoms with E-state index >= 15 is 0 Å². The Morgan fingerprint density at radius 2 is 1.88 bits per heavy atom. The van der Waals surface area contributed by atoms with Gasteiger partial charge in [-0.3, -0.25) is 4.79 Å². The molecule has 0 aliphatic carbocycles. The van der Waals surface area contributed by atoms with Crippen molar-refractivity contribution in [1.29, 1.82) is 0 Å². The summed E-state index contributed by atoms with van der Waals surface area (Å²) in [5.41, 5.74) is 0.0627. The van der Waals surface area contributed by atoms with Crippen molar-refractivity contribution in [2.75, 3.05) is 20.1 Å². The molecule has 94 valence electrons. The SMILES string of the molecule is CN(CC(C)(C)C)C(=O)NCCCC(=O)O. The van der Waals surface area contributed by atoms with Gasteiger partial charge in [-0.1, -0.05) is 20.8 Å². The highest BCUT2D eigenvalue weighted by molar-refractivity contribution is 5.74. The molecule has 0 aromatic heterocycles. The van der Waals surface area contributed by atoms with E-state index in [9.17, 15) is 9.59 Å². The van der Waals surface area contributed by atoms with E-state index in [4.69, 9.17) is 5.11 Å². The van der Waals surface area contributed by atoms with Crippen LogP contribution in [0.3, 0.4) is 0 Å². The molecule has 5 heteroatoms. The number of carbonyl (C=O) groups excluding carboxylic acids is 1. The van der Waals surface area contributed by atoms with Crippen molar-refractivity contribution in [3.05, 3.63) is 0 Å². The lowest BCUT2D eigenvalue weighted by Crippen LogP contribution is -2.41. The van der Waals surface area contributed by atoms with Crippen molar-refractivity contribution in [2.24, 2.45) is 5.41 Å². The first kappa shape index (κ1) is 14.7. The summed E-state index contributed by atoms with van der Waals surface area (Å²) in [5.74, 6) is -0.836. The van der Waals surface area contributed by atoms with E-state index < -0.39 is 5.97 Å². The van der Waals surface area contributed by atoms with Crippen molar-refractivity contribution in [3.8, 4) is 0 Å². The molecule has 0 heterocycles. The van der Waals surface area contributed by atoms with E-state index in [-0.39, 0.29) is 17.9 Å². The first-order chi connectivity index (χ1) is 7.22. The predicted octanol–water partition coefficient (Wildman–Crippen LogP) is 1.54. The van der Waals surface area contributed by atoms with Gasteiger partial charge in [0.1, 0.15) is 0 Å². The highest BCUT2D eigenvalue weighted by Gasteiger charge is 2.16. The number of hydrogen-bond acceptors (Lipinski definition) is 2. The molecule has 0 bridgehead atoms. The zero-order valence-corrected chi connectivity index (χ0v) is 10.5. The van der Waals surface area contributed by atoms with Crippen LogP contribution in [-0.2, 0) is 4.79 Å². The summed E-state index contributed by atoms with van der Waals surface area (Å²) in [6, 6.07) is -0.152. The van der Waals surface area contributed by atoms with Crippen LogP contribution in [0.1, 0.15) is 33.6 Å². The minimum absolute atomic E-state index is 0.0627. The summed E-state index contributed by atoms with van der Waals surface area (Å²) in [6.45, 7) is 7.24. The highest BCUT2D eigenvalue weighted by atomic mass is 16.4. The molecule has 16 heavy (non-hydrogen) atoms. The van der Waals surface area contributed by atoms with Crippen molar-refractivity contribution >= 4 is 12.0 Å². The predicted molar refractivity (Wildman–Crippen MR) is 62.4 cm³/mol. The molecular formula is C11H22N2O3. The zero-order chi connectivity index (χ0) is 12.8. The molecule has 0 aliphatic rings. The number of nitrogens with one attached hydrogen (secondary N) is 1. The Kier molecular flexibility index (Phi) is 5.85. The molecule has 2 N–H and O–H groups in total. The molecule has 5 nitrogen and oxygen atoms in total. The molecule has 0 rings (SSSR count). The average molecular weight is 230 g/mol. The zero-order valence-electron chi connectivity index (χ0n) is 10.5. The Hall–Kier alpha value is -1.26. The largest absolute Gasteiger partial charge is 0.481 e. The highest BCUT2D eigenvalue weighted by Crippen LogP contribution is 2.13. The van der Waals surface area contributed by atoms with Gasteiger partial charge < -0.3 is 15.3 Å². The van der Waals surface area contributed by atoms with E-state index in [0.717, 1.165) is 0 Å². The average Bonchev–Trinajstić information content (AvgIpc) is 2.08. The molecule has 0 unspecified atom stereocenters. The van der Waals surface area contributed by atoms with Gasteiger partial charge in [0.15, 0.2) is 0 Å². The Morgan fingerprint density at radius 1 is 1.31 bits per heavy atom. The van der Waals surface area contributed by atoms with Crippen LogP contribution < -0.4 is 5.32 Å². The smallest absolute Gasteiger partial charge is 0.317 e. The molecule has 0 saturated heterocycles. The number of amides is 2. The lowest BCUT2D eigenvalue weighted by atomic mass is 9.96. The maximum atomic E-state index is 11.5. The van der Waals surface area contributed by atoms with Crippen molar-refractivity contribution < 1.29 is 14.7 Å². The van der Waals surface area contributed by atoms with E-state index in [2.05, 4.69) is 26.1 Å². The van der Waals surface area contributed by atoms with Gasteiger partial charge >= 0.3 is 12.0 Å². The summed E-state index contributed by atoms with van der Waals surface area (Å²) < 4.78 is 0. The van der Waals surface area contributed by atoms with Gasteiger partial charge in [0.05, 0.1) is 0 Å². The number of rotatable bonds is 5. The van der Waals surface area contributed by atoms with Crippen LogP contribution in [0.25, 0.3) is 0 Å². The summed E-state index contributed by atoms with van der Waals surface area (Å²) in [7, 11) is 1.73. The first-order valence-electron chi connectivity index (χ1n) is 5.43. The van der Waals surface area contributed by atoms with Crippen LogP contribution in [-0.4, -0.2) is 42.1 Å².